The summed E-state index contributed by atoms with van der Waals surface area (Å²) in [5.74, 6) is 0.446. The molecule has 1 fully saturated rings. The molecule has 134 valence electrons. The summed E-state index contributed by atoms with van der Waals surface area (Å²) in [6, 6.07) is 6.33. The minimum Gasteiger partial charge on any atom is -0.497 e. The summed E-state index contributed by atoms with van der Waals surface area (Å²) in [6.07, 6.45) is 3.09. The van der Waals surface area contributed by atoms with E-state index < -0.39 is 16.1 Å². The van der Waals surface area contributed by atoms with Crippen molar-refractivity contribution in [3.05, 3.63) is 29.8 Å². The van der Waals surface area contributed by atoms with Gasteiger partial charge in [-0.3, -0.25) is 4.79 Å². The molecule has 1 amide bonds. The number of methoxy groups -OCH3 is 1. The van der Waals surface area contributed by atoms with E-state index in [1.807, 2.05) is 0 Å². The van der Waals surface area contributed by atoms with Crippen molar-refractivity contribution in [2.24, 2.45) is 0 Å². The number of rotatable bonds is 8. The summed E-state index contributed by atoms with van der Waals surface area (Å²) in [5.41, 5.74) is 0.702. The average molecular weight is 356 g/mol. The number of amides is 1. The van der Waals surface area contributed by atoms with Gasteiger partial charge in [0.25, 0.3) is 0 Å². The van der Waals surface area contributed by atoms with Crippen LogP contribution in [0.4, 0.5) is 0 Å². The molecule has 0 saturated carbocycles. The minimum absolute atomic E-state index is 0.0200. The van der Waals surface area contributed by atoms with Crippen molar-refractivity contribution in [2.75, 3.05) is 26.5 Å². The molecule has 1 heterocycles. The molecule has 2 atom stereocenters. The largest absolute Gasteiger partial charge is 0.497 e. The molecule has 2 N–H and O–H groups in total. The van der Waals surface area contributed by atoms with Gasteiger partial charge in [0.15, 0.2) is 0 Å². The van der Waals surface area contributed by atoms with Crippen LogP contribution in [0.15, 0.2) is 24.3 Å². The quantitative estimate of drug-likeness (QED) is 0.724. The van der Waals surface area contributed by atoms with E-state index in [4.69, 9.17) is 9.47 Å². The van der Waals surface area contributed by atoms with Crippen LogP contribution in [0.25, 0.3) is 0 Å². The zero-order chi connectivity index (χ0) is 17.6. The number of carbonyl (C=O) groups excluding carboxylic acids is 1. The minimum atomic E-state index is -3.45. The van der Waals surface area contributed by atoms with Crippen LogP contribution >= 0.6 is 0 Å². The molecule has 0 aromatic heterocycles. The first-order chi connectivity index (χ1) is 11.4. The van der Waals surface area contributed by atoms with Gasteiger partial charge in [-0.1, -0.05) is 12.1 Å². The monoisotopic (exact) mass is 356 g/mol. The summed E-state index contributed by atoms with van der Waals surface area (Å²) in [7, 11) is -1.89. The van der Waals surface area contributed by atoms with Crippen LogP contribution in [0, 0.1) is 0 Å². The maximum Gasteiger partial charge on any atom is 0.222 e. The van der Waals surface area contributed by atoms with E-state index in [-0.39, 0.29) is 18.4 Å². The topological polar surface area (TPSA) is 93.7 Å². The first-order valence-corrected chi connectivity index (χ1v) is 9.76. The number of ether oxygens (including phenoxy) is 2. The lowest BCUT2D eigenvalue weighted by Gasteiger charge is -2.19. The van der Waals surface area contributed by atoms with Crippen LogP contribution in [0.5, 0.6) is 5.75 Å². The highest BCUT2D eigenvalue weighted by molar-refractivity contribution is 7.88. The van der Waals surface area contributed by atoms with Crippen molar-refractivity contribution in [3.8, 4) is 5.75 Å². The molecule has 0 aliphatic carbocycles. The number of carbonyl (C=O) groups is 1. The predicted octanol–water partition coefficient (Wildman–Crippen LogP) is 0.971. The molecule has 0 spiro atoms. The third-order valence-electron chi connectivity index (χ3n) is 3.81. The lowest BCUT2D eigenvalue weighted by molar-refractivity contribution is -0.122. The second-order valence-corrected chi connectivity index (χ2v) is 7.64. The molecular formula is C16H24N2O5S. The third kappa shape index (κ3) is 6.10. The van der Waals surface area contributed by atoms with Gasteiger partial charge in [0.1, 0.15) is 5.75 Å². The van der Waals surface area contributed by atoms with Gasteiger partial charge in [-0.05, 0) is 30.5 Å². The van der Waals surface area contributed by atoms with E-state index in [0.717, 1.165) is 25.7 Å². The Kier molecular flexibility index (Phi) is 6.59. The fourth-order valence-corrected chi connectivity index (χ4v) is 3.35. The summed E-state index contributed by atoms with van der Waals surface area (Å²) >= 11 is 0. The Bertz CT molecular complexity index is 639. The number of hydrogen-bond acceptors (Lipinski definition) is 5. The molecule has 7 nitrogen and oxygen atoms in total. The average Bonchev–Trinajstić information content (AvgIpc) is 3.04. The fraction of sp³-hybridized carbons (Fsp3) is 0.562. The first kappa shape index (κ1) is 18.7. The number of hydrogen-bond donors (Lipinski definition) is 2. The Morgan fingerprint density at radius 1 is 1.38 bits per heavy atom. The van der Waals surface area contributed by atoms with E-state index in [9.17, 15) is 13.2 Å². The van der Waals surface area contributed by atoms with Crippen LogP contribution in [-0.2, 0) is 19.6 Å². The highest BCUT2D eigenvalue weighted by Gasteiger charge is 2.21. The van der Waals surface area contributed by atoms with Gasteiger partial charge < -0.3 is 14.8 Å². The van der Waals surface area contributed by atoms with E-state index in [1.54, 1.807) is 31.4 Å². The predicted molar refractivity (Wildman–Crippen MR) is 90.3 cm³/mol. The van der Waals surface area contributed by atoms with Gasteiger partial charge in [-0.25, -0.2) is 13.1 Å². The molecular weight excluding hydrogens is 332 g/mol. The van der Waals surface area contributed by atoms with Gasteiger partial charge in [0.05, 0.1) is 25.5 Å². The van der Waals surface area contributed by atoms with E-state index in [2.05, 4.69) is 10.0 Å². The summed E-state index contributed by atoms with van der Waals surface area (Å²) in [5, 5.41) is 2.81. The molecule has 1 aromatic rings. The van der Waals surface area contributed by atoms with Crippen molar-refractivity contribution < 1.29 is 22.7 Å². The molecule has 1 aliphatic heterocycles. The maximum atomic E-state index is 12.2. The van der Waals surface area contributed by atoms with Gasteiger partial charge in [0, 0.05) is 19.6 Å². The van der Waals surface area contributed by atoms with Crippen molar-refractivity contribution in [3.63, 3.8) is 0 Å². The van der Waals surface area contributed by atoms with Crippen LogP contribution in [0.3, 0.4) is 0 Å². The highest BCUT2D eigenvalue weighted by Crippen LogP contribution is 2.21. The lowest BCUT2D eigenvalue weighted by Crippen LogP contribution is -2.36. The van der Waals surface area contributed by atoms with E-state index in [1.165, 1.54) is 0 Å². The standard InChI is InChI=1S/C16H24N2O5S/c1-22-13-7-5-12(6-8-13)15(18-24(2,20)21)10-16(19)17-11-14-4-3-9-23-14/h5-8,14-15,18H,3-4,9-11H2,1-2H3,(H,17,19)/t14-,15+/m1/s1. The molecule has 24 heavy (non-hydrogen) atoms. The smallest absolute Gasteiger partial charge is 0.222 e. The van der Waals surface area contributed by atoms with E-state index >= 15 is 0 Å². The van der Waals surface area contributed by atoms with Crippen molar-refractivity contribution in [1.29, 1.82) is 0 Å². The molecule has 2 rings (SSSR count). The van der Waals surface area contributed by atoms with Crippen LogP contribution in [0.2, 0.25) is 0 Å². The van der Waals surface area contributed by atoms with Gasteiger partial charge in [-0.2, -0.15) is 0 Å². The molecule has 1 aromatic carbocycles. The second kappa shape index (κ2) is 8.46. The highest BCUT2D eigenvalue weighted by atomic mass is 32.2. The van der Waals surface area contributed by atoms with Crippen LogP contribution in [-0.4, -0.2) is 46.9 Å². The fourth-order valence-electron chi connectivity index (χ4n) is 2.61. The summed E-state index contributed by atoms with van der Waals surface area (Å²) < 4.78 is 36.3. The molecule has 1 saturated heterocycles. The van der Waals surface area contributed by atoms with Crippen LogP contribution < -0.4 is 14.8 Å². The third-order valence-corrected chi connectivity index (χ3v) is 4.53. The van der Waals surface area contributed by atoms with Crippen molar-refractivity contribution >= 4 is 15.9 Å². The molecule has 0 bridgehead atoms. The lowest BCUT2D eigenvalue weighted by atomic mass is 10.0. The zero-order valence-corrected chi connectivity index (χ0v) is 14.8. The molecule has 0 radical (unpaired) electrons. The first-order valence-electron chi connectivity index (χ1n) is 7.87. The molecule has 8 heteroatoms. The number of benzene rings is 1. The zero-order valence-electron chi connectivity index (χ0n) is 13.9. The van der Waals surface area contributed by atoms with Gasteiger partial charge in [-0.15, -0.1) is 0 Å². The Labute approximate surface area is 142 Å². The summed E-state index contributed by atoms with van der Waals surface area (Å²) in [6.45, 7) is 1.18. The molecule has 0 unspecified atom stereocenters. The maximum absolute atomic E-state index is 12.2. The Balaban J connectivity index is 2.00. The number of sulfonamides is 1. The normalized spacial score (nSPS) is 19.0. The van der Waals surface area contributed by atoms with E-state index in [0.29, 0.717) is 17.9 Å². The Morgan fingerprint density at radius 3 is 2.62 bits per heavy atom. The van der Waals surface area contributed by atoms with Gasteiger partial charge >= 0.3 is 0 Å². The SMILES string of the molecule is COc1ccc([C@H](CC(=O)NC[C@H]2CCCO2)NS(C)(=O)=O)cc1. The van der Waals surface area contributed by atoms with Gasteiger partial charge in [0.2, 0.25) is 15.9 Å². The van der Waals surface area contributed by atoms with Crippen LogP contribution in [0.1, 0.15) is 30.9 Å². The number of nitrogens with one attached hydrogen (secondary N) is 2. The Hall–Kier alpha value is -1.64. The van der Waals surface area contributed by atoms with Crippen molar-refractivity contribution in [1.82, 2.24) is 10.0 Å². The molecule has 1 aliphatic rings. The van der Waals surface area contributed by atoms with Crippen molar-refractivity contribution in [2.45, 2.75) is 31.4 Å². The second-order valence-electron chi connectivity index (χ2n) is 5.86. The Morgan fingerprint density at radius 2 is 2.08 bits per heavy atom. The summed E-state index contributed by atoms with van der Waals surface area (Å²) in [4.78, 5) is 12.2.